The number of amides is 2. The van der Waals surface area contributed by atoms with Crippen LogP contribution < -0.4 is 5.32 Å². The van der Waals surface area contributed by atoms with Crippen molar-refractivity contribution in [3.8, 4) is 0 Å². The largest absolute Gasteiger partial charge is 0.444 e. The number of nitrogens with one attached hydrogen (secondary N) is 1. The molecule has 1 aliphatic carbocycles. The molecule has 1 saturated carbocycles. The fourth-order valence-corrected chi connectivity index (χ4v) is 5.02. The van der Waals surface area contributed by atoms with Crippen molar-refractivity contribution in [2.75, 3.05) is 20.1 Å². The molecule has 2 amide bonds. The summed E-state index contributed by atoms with van der Waals surface area (Å²) in [6.07, 6.45) is 3.19. The zero-order valence-corrected chi connectivity index (χ0v) is 19.8. The number of likely N-dealkylation sites (N-methyl/N-ethyl adjacent to an activating group) is 1. The number of carbonyl (C=O) groups is 2. The van der Waals surface area contributed by atoms with Gasteiger partial charge in [-0.2, -0.15) is 0 Å². The molecule has 1 aromatic carbocycles. The van der Waals surface area contributed by atoms with Crippen LogP contribution in [0.15, 0.2) is 30.3 Å². The van der Waals surface area contributed by atoms with Crippen molar-refractivity contribution in [1.82, 2.24) is 15.1 Å². The van der Waals surface area contributed by atoms with Crippen LogP contribution >= 0.6 is 0 Å². The second-order valence-corrected chi connectivity index (χ2v) is 10.2. The Morgan fingerprint density at radius 1 is 1.19 bits per heavy atom. The number of ether oxygens (including phenoxy) is 1. The summed E-state index contributed by atoms with van der Waals surface area (Å²) in [7, 11) is 1.67. The minimum absolute atomic E-state index is 0.0534. The molecule has 31 heavy (non-hydrogen) atoms. The summed E-state index contributed by atoms with van der Waals surface area (Å²) in [5.74, 6) is 1.08. The number of carbonyl (C=O) groups excluding carboxylic acids is 2. The van der Waals surface area contributed by atoms with Gasteiger partial charge in [-0.05, 0) is 57.4 Å². The first kappa shape index (κ1) is 23.6. The minimum Gasteiger partial charge on any atom is -0.444 e. The van der Waals surface area contributed by atoms with Crippen LogP contribution in [0.25, 0.3) is 0 Å². The molecule has 0 bridgehead atoms. The fraction of sp³-hybridized carbons (Fsp3) is 0.680. The molecule has 1 N–H and O–H groups in total. The van der Waals surface area contributed by atoms with Gasteiger partial charge in [0.05, 0.1) is 0 Å². The van der Waals surface area contributed by atoms with Gasteiger partial charge in [-0.3, -0.25) is 14.6 Å². The van der Waals surface area contributed by atoms with Crippen LogP contribution in [0.2, 0.25) is 0 Å². The summed E-state index contributed by atoms with van der Waals surface area (Å²) in [6.45, 7) is 10.6. The molecule has 2 aliphatic rings. The lowest BCUT2D eigenvalue weighted by molar-refractivity contribution is -0.127. The van der Waals surface area contributed by atoms with E-state index in [1.807, 2.05) is 27.7 Å². The third kappa shape index (κ3) is 6.22. The molecule has 172 valence electrons. The second kappa shape index (κ2) is 10.0. The van der Waals surface area contributed by atoms with Gasteiger partial charge in [-0.1, -0.05) is 43.7 Å². The first-order valence-corrected chi connectivity index (χ1v) is 11.7. The monoisotopic (exact) mass is 429 g/mol. The van der Waals surface area contributed by atoms with Crippen LogP contribution in [-0.4, -0.2) is 59.6 Å². The van der Waals surface area contributed by atoms with Gasteiger partial charge < -0.3 is 10.1 Å². The zero-order chi connectivity index (χ0) is 22.6. The van der Waals surface area contributed by atoms with Crippen LogP contribution in [0.5, 0.6) is 0 Å². The molecular formula is C25H39N3O3. The molecule has 3 rings (SSSR count). The Kier molecular flexibility index (Phi) is 7.63. The van der Waals surface area contributed by atoms with Gasteiger partial charge in [-0.25, -0.2) is 4.79 Å². The van der Waals surface area contributed by atoms with Crippen molar-refractivity contribution in [3.63, 3.8) is 0 Å². The van der Waals surface area contributed by atoms with Crippen molar-refractivity contribution >= 4 is 12.0 Å². The van der Waals surface area contributed by atoms with E-state index in [0.29, 0.717) is 18.3 Å². The van der Waals surface area contributed by atoms with Gasteiger partial charge in [0.1, 0.15) is 11.6 Å². The SMILES string of the molecule is CCC[C@@H](C(=O)N[C@@H]1CC[C@H]2CN(Cc3ccccc3)C[C@@H]21)N(C)C(=O)OC(C)(C)C. The minimum atomic E-state index is -0.580. The standard InChI is InChI=1S/C25H39N3O3/c1-6-10-22(27(5)24(30)31-25(2,3)4)23(29)26-21-14-13-19-16-28(17-20(19)21)15-18-11-8-7-9-12-18/h7-9,11-12,19-22H,6,10,13-17H2,1-5H3,(H,26,29)/t19-,20-,21+,22-/m0/s1. The van der Waals surface area contributed by atoms with E-state index in [1.165, 1.54) is 10.5 Å². The number of benzene rings is 1. The number of fused-ring (bicyclic) bond motifs is 1. The van der Waals surface area contributed by atoms with E-state index in [-0.39, 0.29) is 11.9 Å². The molecule has 0 unspecified atom stereocenters. The highest BCUT2D eigenvalue weighted by atomic mass is 16.6. The average molecular weight is 430 g/mol. The van der Waals surface area contributed by atoms with Gasteiger partial charge in [0.15, 0.2) is 0 Å². The number of hydrogen-bond acceptors (Lipinski definition) is 4. The molecule has 6 heteroatoms. The van der Waals surface area contributed by atoms with E-state index in [9.17, 15) is 9.59 Å². The maximum Gasteiger partial charge on any atom is 0.410 e. The quantitative estimate of drug-likeness (QED) is 0.710. The van der Waals surface area contributed by atoms with Crippen LogP contribution in [0, 0.1) is 11.8 Å². The van der Waals surface area contributed by atoms with Crippen LogP contribution in [0.4, 0.5) is 4.79 Å². The summed E-state index contributed by atoms with van der Waals surface area (Å²) in [5, 5.41) is 3.30. The van der Waals surface area contributed by atoms with Gasteiger partial charge in [0, 0.05) is 32.7 Å². The van der Waals surface area contributed by atoms with E-state index in [4.69, 9.17) is 4.74 Å². The lowest BCUT2D eigenvalue weighted by atomic mass is 9.97. The van der Waals surface area contributed by atoms with Gasteiger partial charge >= 0.3 is 6.09 Å². The van der Waals surface area contributed by atoms with E-state index >= 15 is 0 Å². The molecule has 4 atom stereocenters. The number of likely N-dealkylation sites (tertiary alicyclic amines) is 1. The number of rotatable bonds is 7. The van der Waals surface area contributed by atoms with Gasteiger partial charge in [0.25, 0.3) is 0 Å². The van der Waals surface area contributed by atoms with Gasteiger partial charge in [-0.15, -0.1) is 0 Å². The molecule has 2 fully saturated rings. The Labute approximate surface area is 187 Å². The second-order valence-electron chi connectivity index (χ2n) is 10.2. The van der Waals surface area contributed by atoms with Crippen molar-refractivity contribution in [2.45, 2.75) is 77.6 Å². The number of nitrogens with zero attached hydrogens (tertiary/aromatic N) is 2. The molecule has 6 nitrogen and oxygen atoms in total. The van der Waals surface area contributed by atoms with Gasteiger partial charge in [0.2, 0.25) is 5.91 Å². The molecule has 0 radical (unpaired) electrons. The Bertz CT molecular complexity index is 746. The molecule has 1 aliphatic heterocycles. The summed E-state index contributed by atoms with van der Waals surface area (Å²) < 4.78 is 5.49. The Morgan fingerprint density at radius 3 is 2.55 bits per heavy atom. The van der Waals surface area contributed by atoms with E-state index < -0.39 is 17.7 Å². The van der Waals surface area contributed by atoms with Crippen molar-refractivity contribution in [2.24, 2.45) is 11.8 Å². The lowest BCUT2D eigenvalue weighted by Gasteiger charge is -2.31. The highest BCUT2D eigenvalue weighted by molar-refractivity contribution is 5.85. The predicted octanol–water partition coefficient (Wildman–Crippen LogP) is 4.05. The van der Waals surface area contributed by atoms with Crippen LogP contribution in [-0.2, 0) is 16.1 Å². The summed E-state index contributed by atoms with van der Waals surface area (Å²) in [5.41, 5.74) is 0.758. The summed E-state index contributed by atoms with van der Waals surface area (Å²) in [4.78, 5) is 29.7. The zero-order valence-electron chi connectivity index (χ0n) is 19.8. The summed E-state index contributed by atoms with van der Waals surface area (Å²) >= 11 is 0. The Hall–Kier alpha value is -2.08. The van der Waals surface area contributed by atoms with Crippen molar-refractivity contribution < 1.29 is 14.3 Å². The lowest BCUT2D eigenvalue weighted by Crippen LogP contribution is -2.52. The Balaban J connectivity index is 1.58. The molecule has 1 saturated heterocycles. The third-order valence-electron chi connectivity index (χ3n) is 6.52. The fourth-order valence-electron chi connectivity index (χ4n) is 5.02. The van der Waals surface area contributed by atoms with E-state index in [0.717, 1.165) is 38.9 Å². The highest BCUT2D eigenvalue weighted by Gasteiger charge is 2.44. The van der Waals surface area contributed by atoms with E-state index in [2.05, 4.69) is 40.5 Å². The highest BCUT2D eigenvalue weighted by Crippen LogP contribution is 2.38. The molecule has 1 aromatic rings. The first-order chi connectivity index (χ1) is 14.7. The van der Waals surface area contributed by atoms with E-state index in [1.54, 1.807) is 7.05 Å². The van der Waals surface area contributed by atoms with Crippen molar-refractivity contribution in [3.05, 3.63) is 35.9 Å². The summed E-state index contributed by atoms with van der Waals surface area (Å²) in [6, 6.07) is 10.3. The van der Waals surface area contributed by atoms with Crippen molar-refractivity contribution in [1.29, 1.82) is 0 Å². The van der Waals surface area contributed by atoms with Crippen LogP contribution in [0.3, 0.4) is 0 Å². The predicted molar refractivity (Wildman–Crippen MR) is 123 cm³/mol. The first-order valence-electron chi connectivity index (χ1n) is 11.7. The molecule has 0 aromatic heterocycles. The Morgan fingerprint density at radius 2 is 1.90 bits per heavy atom. The molecule has 1 heterocycles. The average Bonchev–Trinajstić information content (AvgIpc) is 3.26. The topological polar surface area (TPSA) is 61.9 Å². The molecular weight excluding hydrogens is 390 g/mol. The third-order valence-corrected chi connectivity index (χ3v) is 6.52. The normalized spacial score (nSPS) is 24.5. The maximum atomic E-state index is 13.2. The molecule has 0 spiro atoms. The smallest absolute Gasteiger partial charge is 0.410 e. The maximum absolute atomic E-state index is 13.2. The number of hydrogen-bond donors (Lipinski definition) is 1. The van der Waals surface area contributed by atoms with Crippen LogP contribution in [0.1, 0.15) is 58.9 Å².